The summed E-state index contributed by atoms with van der Waals surface area (Å²) in [5, 5.41) is 2.66. The Hall–Kier alpha value is -1.63. The zero-order valence-electron chi connectivity index (χ0n) is 11.5. The van der Waals surface area contributed by atoms with Crippen LogP contribution in [0.15, 0.2) is 10.9 Å². The lowest BCUT2D eigenvalue weighted by molar-refractivity contribution is -0.124. The normalized spacial score (nSPS) is 20.8. The van der Waals surface area contributed by atoms with Crippen molar-refractivity contribution in [1.82, 2.24) is 10.3 Å². The van der Waals surface area contributed by atoms with E-state index < -0.39 is 15.8 Å². The van der Waals surface area contributed by atoms with Gasteiger partial charge in [-0.1, -0.05) is 0 Å². The Morgan fingerprint density at radius 2 is 2.15 bits per heavy atom. The van der Waals surface area contributed by atoms with Crippen LogP contribution in [-0.4, -0.2) is 30.8 Å². The summed E-state index contributed by atoms with van der Waals surface area (Å²) in [6, 6.07) is 1.84. The van der Waals surface area contributed by atoms with E-state index in [1.807, 2.05) is 13.0 Å². The van der Waals surface area contributed by atoms with E-state index in [9.17, 15) is 18.0 Å². The van der Waals surface area contributed by atoms with E-state index >= 15 is 0 Å². The van der Waals surface area contributed by atoms with Gasteiger partial charge in [0, 0.05) is 17.8 Å². The molecule has 2 N–H and O–H groups in total. The first-order valence-corrected chi connectivity index (χ1v) is 8.28. The Bertz CT molecular complexity index is 691. The van der Waals surface area contributed by atoms with E-state index in [1.54, 1.807) is 6.92 Å². The number of aromatic nitrogens is 1. The molecule has 0 aromatic carbocycles. The molecule has 2 rings (SSSR count). The van der Waals surface area contributed by atoms with Gasteiger partial charge in [-0.3, -0.25) is 9.59 Å². The molecular formula is C13H18N2O4S. The van der Waals surface area contributed by atoms with Crippen molar-refractivity contribution in [2.75, 3.05) is 11.5 Å². The van der Waals surface area contributed by atoms with Crippen LogP contribution in [0.3, 0.4) is 0 Å². The maximum absolute atomic E-state index is 11.9. The standard InChI is InChI=1S/C13H18N2O4S/c1-8-5-9(2)15-13(17)11(8)6-14-12(16)10-3-4-20(18,19)7-10/h5,10H,3-4,6-7H2,1-2H3,(H,14,16)(H,15,17)/t10-/m0/s1. The summed E-state index contributed by atoms with van der Waals surface area (Å²) in [7, 11) is -3.07. The van der Waals surface area contributed by atoms with Crippen molar-refractivity contribution < 1.29 is 13.2 Å². The monoisotopic (exact) mass is 298 g/mol. The van der Waals surface area contributed by atoms with E-state index in [2.05, 4.69) is 10.3 Å². The molecule has 20 heavy (non-hydrogen) atoms. The highest BCUT2D eigenvalue weighted by atomic mass is 32.2. The summed E-state index contributed by atoms with van der Waals surface area (Å²) in [5.74, 6) is -0.826. The van der Waals surface area contributed by atoms with Crippen molar-refractivity contribution >= 4 is 15.7 Å². The first-order chi connectivity index (χ1) is 9.28. The molecule has 0 unspecified atom stereocenters. The third-order valence-electron chi connectivity index (χ3n) is 3.54. The van der Waals surface area contributed by atoms with Gasteiger partial charge in [-0.05, 0) is 31.9 Å². The van der Waals surface area contributed by atoms with E-state index in [1.165, 1.54) is 0 Å². The highest BCUT2D eigenvalue weighted by Crippen LogP contribution is 2.18. The number of rotatable bonds is 3. The fourth-order valence-electron chi connectivity index (χ4n) is 2.42. The number of sulfone groups is 1. The van der Waals surface area contributed by atoms with Gasteiger partial charge in [-0.25, -0.2) is 8.42 Å². The van der Waals surface area contributed by atoms with Gasteiger partial charge in [0.1, 0.15) is 0 Å². The molecule has 1 saturated heterocycles. The van der Waals surface area contributed by atoms with E-state index in [-0.39, 0.29) is 29.5 Å². The number of pyridine rings is 1. The number of hydrogen-bond donors (Lipinski definition) is 2. The number of carbonyl (C=O) groups excluding carboxylic acids is 1. The van der Waals surface area contributed by atoms with Gasteiger partial charge >= 0.3 is 0 Å². The molecule has 0 radical (unpaired) electrons. The minimum absolute atomic E-state index is 0.0647. The van der Waals surface area contributed by atoms with Gasteiger partial charge in [-0.15, -0.1) is 0 Å². The summed E-state index contributed by atoms with van der Waals surface area (Å²) in [5.41, 5.74) is 1.86. The average Bonchev–Trinajstić information content (AvgIpc) is 2.68. The Morgan fingerprint density at radius 1 is 1.45 bits per heavy atom. The van der Waals surface area contributed by atoms with Crippen LogP contribution in [0.1, 0.15) is 23.2 Å². The summed E-state index contributed by atoms with van der Waals surface area (Å²) < 4.78 is 22.7. The molecular weight excluding hydrogens is 280 g/mol. The second kappa shape index (κ2) is 5.40. The van der Waals surface area contributed by atoms with E-state index in [0.29, 0.717) is 12.0 Å². The van der Waals surface area contributed by atoms with Gasteiger partial charge in [0.25, 0.3) is 5.56 Å². The van der Waals surface area contributed by atoms with Gasteiger partial charge in [0.05, 0.1) is 17.4 Å². The van der Waals surface area contributed by atoms with Crippen LogP contribution in [0.4, 0.5) is 0 Å². The molecule has 1 amide bonds. The average molecular weight is 298 g/mol. The quantitative estimate of drug-likeness (QED) is 0.823. The Morgan fingerprint density at radius 3 is 2.70 bits per heavy atom. The Balaban J connectivity index is 2.03. The minimum Gasteiger partial charge on any atom is -0.352 e. The fourth-order valence-corrected chi connectivity index (χ4v) is 4.16. The van der Waals surface area contributed by atoms with Crippen LogP contribution in [0.2, 0.25) is 0 Å². The number of nitrogens with one attached hydrogen (secondary N) is 2. The number of aromatic amines is 1. The molecule has 0 saturated carbocycles. The second-order valence-electron chi connectivity index (χ2n) is 5.26. The SMILES string of the molecule is Cc1cc(C)c(CNC(=O)[C@H]2CCS(=O)(=O)C2)c(=O)[nH]1. The molecule has 1 aliphatic rings. The number of carbonyl (C=O) groups is 1. The molecule has 0 aliphatic carbocycles. The summed E-state index contributed by atoms with van der Waals surface area (Å²) in [6.45, 7) is 3.72. The van der Waals surface area contributed by atoms with Crippen molar-refractivity contribution in [3.05, 3.63) is 33.2 Å². The van der Waals surface area contributed by atoms with Gasteiger partial charge in [0.2, 0.25) is 5.91 Å². The molecule has 7 heteroatoms. The summed E-state index contributed by atoms with van der Waals surface area (Å²) in [6.07, 6.45) is 0.359. The van der Waals surface area contributed by atoms with Gasteiger partial charge < -0.3 is 10.3 Å². The van der Waals surface area contributed by atoms with Crippen molar-refractivity contribution in [2.24, 2.45) is 5.92 Å². The number of aryl methyl sites for hydroxylation is 2. The third-order valence-corrected chi connectivity index (χ3v) is 5.30. The zero-order valence-corrected chi connectivity index (χ0v) is 12.3. The lowest BCUT2D eigenvalue weighted by Gasteiger charge is -2.11. The lowest BCUT2D eigenvalue weighted by atomic mass is 10.1. The first kappa shape index (κ1) is 14.8. The molecule has 1 aromatic rings. The van der Waals surface area contributed by atoms with E-state index in [4.69, 9.17) is 0 Å². The highest BCUT2D eigenvalue weighted by Gasteiger charge is 2.32. The van der Waals surface area contributed by atoms with Crippen LogP contribution in [-0.2, 0) is 21.2 Å². The van der Waals surface area contributed by atoms with Crippen molar-refractivity contribution in [2.45, 2.75) is 26.8 Å². The maximum atomic E-state index is 11.9. The third kappa shape index (κ3) is 3.27. The molecule has 2 heterocycles. The predicted molar refractivity (Wildman–Crippen MR) is 75.1 cm³/mol. The van der Waals surface area contributed by atoms with Crippen molar-refractivity contribution in [1.29, 1.82) is 0 Å². The number of hydrogen-bond acceptors (Lipinski definition) is 4. The molecule has 0 bridgehead atoms. The lowest BCUT2D eigenvalue weighted by Crippen LogP contribution is -2.33. The molecule has 1 atom stereocenters. The maximum Gasteiger partial charge on any atom is 0.253 e. The van der Waals surface area contributed by atoms with Crippen molar-refractivity contribution in [3.63, 3.8) is 0 Å². The molecule has 0 spiro atoms. The van der Waals surface area contributed by atoms with Crippen LogP contribution in [0, 0.1) is 19.8 Å². The zero-order chi connectivity index (χ0) is 14.9. The largest absolute Gasteiger partial charge is 0.352 e. The van der Waals surface area contributed by atoms with Gasteiger partial charge in [-0.2, -0.15) is 0 Å². The summed E-state index contributed by atoms with van der Waals surface area (Å²) in [4.78, 5) is 26.4. The van der Waals surface area contributed by atoms with Gasteiger partial charge in [0.15, 0.2) is 9.84 Å². The fraction of sp³-hybridized carbons (Fsp3) is 0.538. The smallest absolute Gasteiger partial charge is 0.253 e. The Labute approximate surface area is 117 Å². The summed E-state index contributed by atoms with van der Waals surface area (Å²) >= 11 is 0. The van der Waals surface area contributed by atoms with Crippen LogP contribution in [0.25, 0.3) is 0 Å². The van der Waals surface area contributed by atoms with Crippen LogP contribution >= 0.6 is 0 Å². The molecule has 6 nitrogen and oxygen atoms in total. The molecule has 1 aliphatic heterocycles. The predicted octanol–water partition coefficient (Wildman–Crippen LogP) is 0.0426. The highest BCUT2D eigenvalue weighted by molar-refractivity contribution is 7.91. The van der Waals surface area contributed by atoms with Crippen LogP contribution in [0.5, 0.6) is 0 Å². The number of H-pyrrole nitrogens is 1. The molecule has 1 fully saturated rings. The Kier molecular flexibility index (Phi) is 3.99. The van der Waals surface area contributed by atoms with E-state index in [0.717, 1.165) is 11.3 Å². The molecule has 1 aromatic heterocycles. The second-order valence-corrected chi connectivity index (χ2v) is 7.49. The molecule has 110 valence electrons. The number of amides is 1. The topological polar surface area (TPSA) is 96.1 Å². The first-order valence-electron chi connectivity index (χ1n) is 6.46. The minimum atomic E-state index is -3.07. The van der Waals surface area contributed by atoms with Crippen molar-refractivity contribution in [3.8, 4) is 0 Å². The van der Waals surface area contributed by atoms with Crippen LogP contribution < -0.4 is 10.9 Å².